The van der Waals surface area contributed by atoms with Gasteiger partial charge in [0.2, 0.25) is 0 Å². The van der Waals surface area contributed by atoms with Crippen molar-refractivity contribution < 1.29 is 24.2 Å². The predicted octanol–water partition coefficient (Wildman–Crippen LogP) is -0.800. The molecular formula is C11H18N2O5. The van der Waals surface area contributed by atoms with E-state index in [0.29, 0.717) is 25.9 Å². The molecule has 1 aliphatic heterocycles. The van der Waals surface area contributed by atoms with Crippen molar-refractivity contribution in [3.05, 3.63) is 0 Å². The zero-order valence-corrected chi connectivity index (χ0v) is 10.3. The Kier molecular flexibility index (Phi) is 5.08. The molecule has 7 nitrogen and oxygen atoms in total. The Hall–Kier alpha value is -1.63. The number of likely N-dealkylation sites (tertiary alicyclic amines) is 1. The minimum atomic E-state index is -1.31. The lowest BCUT2D eigenvalue weighted by Crippen LogP contribution is -2.51. The summed E-state index contributed by atoms with van der Waals surface area (Å²) >= 11 is 0. The molecule has 1 atom stereocenters. The number of aliphatic carboxylic acids is 1. The van der Waals surface area contributed by atoms with Gasteiger partial charge < -0.3 is 20.5 Å². The molecule has 1 heterocycles. The fraction of sp³-hybridized carbons (Fsp3) is 0.727. The molecule has 1 saturated heterocycles. The highest BCUT2D eigenvalue weighted by Gasteiger charge is 2.32. The number of rotatable bonds is 4. The first kappa shape index (κ1) is 14.4. The van der Waals surface area contributed by atoms with E-state index in [1.165, 1.54) is 4.90 Å². The molecule has 0 aliphatic carbocycles. The summed E-state index contributed by atoms with van der Waals surface area (Å²) in [6.45, 7) is 2.42. The highest BCUT2D eigenvalue weighted by molar-refractivity contribution is 6.01. The molecule has 1 rings (SSSR count). The van der Waals surface area contributed by atoms with Crippen LogP contribution in [0.1, 0.15) is 19.8 Å². The maximum atomic E-state index is 11.8. The van der Waals surface area contributed by atoms with Crippen LogP contribution >= 0.6 is 0 Å². The third-order valence-electron chi connectivity index (χ3n) is 2.96. The average molecular weight is 258 g/mol. The molecule has 1 amide bonds. The van der Waals surface area contributed by atoms with Crippen molar-refractivity contribution in [1.29, 1.82) is 0 Å². The van der Waals surface area contributed by atoms with E-state index in [1.807, 2.05) is 0 Å². The number of esters is 1. The quantitative estimate of drug-likeness (QED) is 0.504. The van der Waals surface area contributed by atoms with Crippen LogP contribution in [0.5, 0.6) is 0 Å². The number of hydrogen-bond donors (Lipinski definition) is 2. The smallest absolute Gasteiger partial charge is 0.332 e. The molecular weight excluding hydrogens is 240 g/mol. The fourth-order valence-corrected chi connectivity index (χ4v) is 1.88. The number of piperidine rings is 1. The first-order chi connectivity index (χ1) is 8.47. The van der Waals surface area contributed by atoms with Gasteiger partial charge in [0.05, 0.1) is 12.5 Å². The van der Waals surface area contributed by atoms with Gasteiger partial charge >= 0.3 is 11.9 Å². The van der Waals surface area contributed by atoms with Gasteiger partial charge in [0, 0.05) is 13.1 Å². The standard InChI is InChI=1S/C11H18N2O5/c1-2-18-11(17)8(12)9(14)13-5-3-7(4-6-13)10(15)16/h7-8H,2-6,12H2,1H3,(H,15,16). The van der Waals surface area contributed by atoms with E-state index in [-0.39, 0.29) is 6.61 Å². The van der Waals surface area contributed by atoms with Crippen LogP contribution in [-0.2, 0) is 19.1 Å². The van der Waals surface area contributed by atoms with Crippen molar-refractivity contribution in [2.75, 3.05) is 19.7 Å². The van der Waals surface area contributed by atoms with Crippen molar-refractivity contribution in [2.24, 2.45) is 11.7 Å². The van der Waals surface area contributed by atoms with E-state index in [2.05, 4.69) is 4.74 Å². The molecule has 0 saturated carbocycles. The van der Waals surface area contributed by atoms with Gasteiger partial charge in [-0.3, -0.25) is 9.59 Å². The summed E-state index contributed by atoms with van der Waals surface area (Å²) in [5.41, 5.74) is 5.49. The SMILES string of the molecule is CCOC(=O)C(N)C(=O)N1CCC(C(=O)O)CC1. The molecule has 0 spiro atoms. The third-order valence-corrected chi connectivity index (χ3v) is 2.96. The van der Waals surface area contributed by atoms with Crippen LogP contribution in [0.2, 0.25) is 0 Å². The van der Waals surface area contributed by atoms with Crippen molar-refractivity contribution >= 4 is 17.8 Å². The van der Waals surface area contributed by atoms with E-state index in [4.69, 9.17) is 10.8 Å². The summed E-state index contributed by atoms with van der Waals surface area (Å²) in [6, 6.07) is -1.31. The van der Waals surface area contributed by atoms with Crippen molar-refractivity contribution in [3.8, 4) is 0 Å². The molecule has 1 aliphatic rings. The topological polar surface area (TPSA) is 110 Å². The first-order valence-electron chi connectivity index (χ1n) is 5.91. The van der Waals surface area contributed by atoms with Gasteiger partial charge in [0.15, 0.2) is 6.04 Å². The van der Waals surface area contributed by atoms with E-state index in [1.54, 1.807) is 6.92 Å². The summed E-state index contributed by atoms with van der Waals surface area (Å²) in [5, 5.41) is 8.83. The zero-order chi connectivity index (χ0) is 13.7. The lowest BCUT2D eigenvalue weighted by Gasteiger charge is -2.31. The molecule has 0 bridgehead atoms. The van der Waals surface area contributed by atoms with Crippen LogP contribution in [0.25, 0.3) is 0 Å². The maximum Gasteiger partial charge on any atom is 0.332 e. The molecule has 1 fully saturated rings. The fourth-order valence-electron chi connectivity index (χ4n) is 1.88. The highest BCUT2D eigenvalue weighted by Crippen LogP contribution is 2.17. The van der Waals surface area contributed by atoms with Crippen LogP contribution in [0.15, 0.2) is 0 Å². The van der Waals surface area contributed by atoms with Gasteiger partial charge in [-0.1, -0.05) is 0 Å². The van der Waals surface area contributed by atoms with E-state index >= 15 is 0 Å². The van der Waals surface area contributed by atoms with Gasteiger partial charge in [-0.25, -0.2) is 4.79 Å². The van der Waals surface area contributed by atoms with Crippen LogP contribution in [-0.4, -0.2) is 53.6 Å². The Labute approximate surface area is 105 Å². The summed E-state index contributed by atoms with van der Waals surface area (Å²) in [5.74, 6) is -2.52. The second-order valence-corrected chi connectivity index (χ2v) is 4.17. The van der Waals surface area contributed by atoms with Crippen molar-refractivity contribution in [1.82, 2.24) is 4.90 Å². The minimum absolute atomic E-state index is 0.168. The molecule has 3 N–H and O–H groups in total. The molecule has 0 aromatic heterocycles. The Morgan fingerprint density at radius 1 is 1.39 bits per heavy atom. The van der Waals surface area contributed by atoms with Gasteiger partial charge in [0.25, 0.3) is 5.91 Å². The van der Waals surface area contributed by atoms with E-state index in [0.717, 1.165) is 0 Å². The monoisotopic (exact) mass is 258 g/mol. The van der Waals surface area contributed by atoms with Crippen LogP contribution in [0.4, 0.5) is 0 Å². The summed E-state index contributed by atoms with van der Waals surface area (Å²) in [6.07, 6.45) is 0.771. The molecule has 102 valence electrons. The van der Waals surface area contributed by atoms with Gasteiger partial charge in [0.1, 0.15) is 0 Å². The van der Waals surface area contributed by atoms with Crippen LogP contribution in [0.3, 0.4) is 0 Å². The maximum absolute atomic E-state index is 11.8. The third kappa shape index (κ3) is 3.43. The molecule has 0 aromatic carbocycles. The van der Waals surface area contributed by atoms with Gasteiger partial charge in [-0.15, -0.1) is 0 Å². The summed E-state index contributed by atoms with van der Waals surface area (Å²) in [4.78, 5) is 35.3. The molecule has 1 unspecified atom stereocenters. The summed E-state index contributed by atoms with van der Waals surface area (Å²) < 4.78 is 4.67. The predicted molar refractivity (Wildman–Crippen MR) is 61.5 cm³/mol. The molecule has 7 heteroatoms. The number of carboxylic acid groups (broad SMARTS) is 1. The van der Waals surface area contributed by atoms with Crippen LogP contribution in [0, 0.1) is 5.92 Å². The second-order valence-electron chi connectivity index (χ2n) is 4.17. The largest absolute Gasteiger partial charge is 0.481 e. The zero-order valence-electron chi connectivity index (χ0n) is 10.3. The lowest BCUT2D eigenvalue weighted by atomic mass is 9.97. The number of amides is 1. The second kappa shape index (κ2) is 6.34. The number of carboxylic acids is 1. The number of hydrogen-bond acceptors (Lipinski definition) is 5. The Morgan fingerprint density at radius 3 is 2.39 bits per heavy atom. The highest BCUT2D eigenvalue weighted by atomic mass is 16.5. The lowest BCUT2D eigenvalue weighted by molar-refractivity contribution is -0.153. The Balaban J connectivity index is 2.49. The average Bonchev–Trinajstić information content (AvgIpc) is 2.37. The number of ether oxygens (including phenoxy) is 1. The molecule has 18 heavy (non-hydrogen) atoms. The minimum Gasteiger partial charge on any atom is -0.481 e. The number of nitrogens with zero attached hydrogens (tertiary/aromatic N) is 1. The molecule has 0 radical (unpaired) electrons. The Morgan fingerprint density at radius 2 is 1.94 bits per heavy atom. The molecule has 0 aromatic rings. The first-order valence-corrected chi connectivity index (χ1v) is 5.91. The van der Waals surface area contributed by atoms with E-state index < -0.39 is 29.8 Å². The summed E-state index contributed by atoms with van der Waals surface area (Å²) in [7, 11) is 0. The normalized spacial score (nSPS) is 18.2. The van der Waals surface area contributed by atoms with Crippen molar-refractivity contribution in [3.63, 3.8) is 0 Å². The van der Waals surface area contributed by atoms with Crippen molar-refractivity contribution in [2.45, 2.75) is 25.8 Å². The van der Waals surface area contributed by atoms with Gasteiger partial charge in [-0.05, 0) is 19.8 Å². The van der Waals surface area contributed by atoms with E-state index in [9.17, 15) is 14.4 Å². The number of carbonyl (C=O) groups is 3. The Bertz CT molecular complexity index is 336. The van der Waals surface area contributed by atoms with Gasteiger partial charge in [-0.2, -0.15) is 0 Å². The number of nitrogens with two attached hydrogens (primary N) is 1. The van der Waals surface area contributed by atoms with Crippen LogP contribution < -0.4 is 5.73 Å². The number of carbonyl (C=O) groups excluding carboxylic acids is 2.